The Kier molecular flexibility index (Phi) is 8.34. The first-order valence-electron chi connectivity index (χ1n) is 16.0. The van der Waals surface area contributed by atoms with Gasteiger partial charge in [0.1, 0.15) is 0 Å². The molecule has 7 nitrogen and oxygen atoms in total. The number of carbonyl (C=O) groups excluding carboxylic acids is 1. The molecular formula is C37H44N4O3. The summed E-state index contributed by atoms with van der Waals surface area (Å²) in [5, 5.41) is 13.9. The number of aromatic carboxylic acids is 1. The number of carbonyl (C=O) groups is 2. The van der Waals surface area contributed by atoms with Gasteiger partial charge in [-0.1, -0.05) is 29.3 Å². The molecule has 4 aromatic rings. The van der Waals surface area contributed by atoms with Crippen LogP contribution in [-0.2, 0) is 23.1 Å². The van der Waals surface area contributed by atoms with Crippen LogP contribution in [-0.4, -0.2) is 57.5 Å². The number of fused-ring (bicyclic) bond motifs is 4. The molecule has 3 fully saturated rings. The van der Waals surface area contributed by atoms with Crippen LogP contribution in [0, 0.1) is 19.8 Å². The summed E-state index contributed by atoms with van der Waals surface area (Å²) in [5.74, 6) is -0.0653. The number of nitrogens with one attached hydrogen (secondary N) is 2. The molecule has 0 atom stereocenters. The molecule has 7 rings (SSSR count). The molecule has 2 saturated heterocycles. The fraction of sp³-hybridized carbons (Fsp3) is 0.432. The number of carboxylic acids is 1. The van der Waals surface area contributed by atoms with Crippen LogP contribution >= 0.6 is 0 Å². The third-order valence-electron chi connectivity index (χ3n) is 9.79. The van der Waals surface area contributed by atoms with E-state index in [9.17, 15) is 9.59 Å². The Hall–Kier alpha value is -3.97. The van der Waals surface area contributed by atoms with Crippen molar-refractivity contribution in [2.75, 3.05) is 19.6 Å². The van der Waals surface area contributed by atoms with Gasteiger partial charge in [-0.25, -0.2) is 4.79 Å². The molecule has 1 saturated carbocycles. The van der Waals surface area contributed by atoms with Gasteiger partial charge in [-0.05, 0) is 132 Å². The Bertz CT molecular complexity index is 1660. The van der Waals surface area contributed by atoms with Gasteiger partial charge in [-0.2, -0.15) is 0 Å². The number of piperidine rings is 2. The van der Waals surface area contributed by atoms with Gasteiger partial charge in [0.15, 0.2) is 0 Å². The second kappa shape index (κ2) is 12.2. The second-order valence-corrected chi connectivity index (χ2v) is 13.5. The molecule has 3 N–H and O–H groups in total. The molecule has 2 bridgehead atoms. The highest BCUT2D eigenvalue weighted by molar-refractivity contribution is 5.93. The van der Waals surface area contributed by atoms with E-state index in [1.54, 1.807) is 12.1 Å². The molecule has 4 heterocycles. The summed E-state index contributed by atoms with van der Waals surface area (Å²) < 4.78 is 0. The maximum atomic E-state index is 14.0. The summed E-state index contributed by atoms with van der Waals surface area (Å²) in [7, 11) is 0. The van der Waals surface area contributed by atoms with Crippen LogP contribution in [0.4, 0.5) is 0 Å². The lowest BCUT2D eigenvalue weighted by molar-refractivity contribution is -0.144. The molecule has 230 valence electrons. The number of H-pyrrole nitrogens is 1. The molecule has 1 aliphatic carbocycles. The summed E-state index contributed by atoms with van der Waals surface area (Å²) in [5.41, 5.74) is 8.44. The molecule has 2 aromatic heterocycles. The van der Waals surface area contributed by atoms with Crippen molar-refractivity contribution in [2.24, 2.45) is 5.92 Å². The third-order valence-corrected chi connectivity index (χ3v) is 9.79. The number of rotatable bonds is 10. The highest BCUT2D eigenvalue weighted by Gasteiger charge is 2.43. The summed E-state index contributed by atoms with van der Waals surface area (Å²) in [6.07, 6.45) is 8.29. The average molecular weight is 593 g/mol. The Morgan fingerprint density at radius 2 is 1.66 bits per heavy atom. The first kappa shape index (κ1) is 30.1. The zero-order valence-electron chi connectivity index (χ0n) is 26.4. The minimum Gasteiger partial charge on any atom is -0.478 e. The molecule has 1 amide bonds. The zero-order valence-corrected chi connectivity index (χ0v) is 26.4. The predicted molar refractivity (Wildman–Crippen MR) is 175 cm³/mol. The predicted octanol–water partition coefficient (Wildman–Crippen LogP) is 6.60. The SMILES string of the molecule is Cc1cc(C)cc(-c2[nH]c3cnc(C(C)(C)C(=O)N4CC5CCC4CC5)cc3c2CCNCCc2ccc(C(=O)O)cc2)c1. The standard InChI is InChI=1S/C37H44N4O3/c1-23-17-24(2)19-28(18-23)34-30(14-16-38-15-13-25-5-9-27(10-6-25)35(42)43)31-20-33(39-21-32(31)40-34)37(3,4)36(44)41-22-26-7-11-29(41)12-8-26/h5-6,9-10,17-21,26,29,38,40H,7-8,11-16,22H2,1-4H3,(H,42,43). The van der Waals surface area contributed by atoms with Crippen LogP contribution in [0.5, 0.6) is 0 Å². The van der Waals surface area contributed by atoms with Crippen LogP contribution in [0.25, 0.3) is 22.2 Å². The molecule has 3 aliphatic rings. The van der Waals surface area contributed by atoms with Crippen molar-refractivity contribution in [3.05, 3.63) is 88.2 Å². The van der Waals surface area contributed by atoms with Crippen molar-refractivity contribution in [2.45, 2.75) is 77.7 Å². The van der Waals surface area contributed by atoms with Gasteiger partial charge < -0.3 is 20.3 Å². The van der Waals surface area contributed by atoms with E-state index in [-0.39, 0.29) is 5.91 Å². The molecule has 44 heavy (non-hydrogen) atoms. The summed E-state index contributed by atoms with van der Waals surface area (Å²) in [6, 6.07) is 16.3. The van der Waals surface area contributed by atoms with Gasteiger partial charge in [-0.15, -0.1) is 0 Å². The van der Waals surface area contributed by atoms with Crippen molar-refractivity contribution >= 4 is 22.8 Å². The number of nitrogens with zero attached hydrogens (tertiary/aromatic N) is 2. The van der Waals surface area contributed by atoms with Crippen LogP contribution in [0.2, 0.25) is 0 Å². The van der Waals surface area contributed by atoms with Crippen LogP contribution < -0.4 is 5.32 Å². The molecular weight excluding hydrogens is 548 g/mol. The lowest BCUT2D eigenvalue weighted by Gasteiger charge is -2.47. The van der Waals surface area contributed by atoms with Crippen molar-refractivity contribution in [3.8, 4) is 11.3 Å². The summed E-state index contributed by atoms with van der Waals surface area (Å²) in [6.45, 7) is 10.8. The number of hydrogen-bond donors (Lipinski definition) is 3. The van der Waals surface area contributed by atoms with Gasteiger partial charge in [0.05, 0.1) is 28.4 Å². The van der Waals surface area contributed by atoms with E-state index in [0.717, 1.165) is 78.7 Å². The van der Waals surface area contributed by atoms with E-state index in [2.05, 4.69) is 53.3 Å². The van der Waals surface area contributed by atoms with Crippen molar-refractivity contribution < 1.29 is 14.7 Å². The van der Waals surface area contributed by atoms with Crippen molar-refractivity contribution in [1.29, 1.82) is 0 Å². The maximum Gasteiger partial charge on any atom is 0.335 e. The Morgan fingerprint density at radius 3 is 2.30 bits per heavy atom. The number of benzene rings is 2. The quantitative estimate of drug-likeness (QED) is 0.180. The lowest BCUT2D eigenvalue weighted by atomic mass is 9.77. The minimum absolute atomic E-state index is 0.198. The van der Waals surface area contributed by atoms with Crippen LogP contribution in [0.3, 0.4) is 0 Å². The normalized spacial score (nSPS) is 18.2. The van der Waals surface area contributed by atoms with E-state index in [4.69, 9.17) is 10.1 Å². The van der Waals surface area contributed by atoms with E-state index in [1.165, 1.54) is 29.5 Å². The monoisotopic (exact) mass is 592 g/mol. The highest BCUT2D eigenvalue weighted by atomic mass is 16.4. The molecule has 7 heteroatoms. The molecule has 0 spiro atoms. The van der Waals surface area contributed by atoms with Gasteiger partial charge >= 0.3 is 5.97 Å². The van der Waals surface area contributed by atoms with Crippen LogP contribution in [0.15, 0.2) is 54.7 Å². The third kappa shape index (κ3) is 6.03. The van der Waals surface area contributed by atoms with Gasteiger partial charge in [0.25, 0.3) is 0 Å². The number of pyridine rings is 1. The Balaban J connectivity index is 1.25. The van der Waals surface area contributed by atoms with E-state index in [1.807, 2.05) is 32.2 Å². The molecule has 2 aromatic carbocycles. The van der Waals surface area contributed by atoms with Gasteiger partial charge in [-0.3, -0.25) is 9.78 Å². The smallest absolute Gasteiger partial charge is 0.335 e. The molecule has 0 radical (unpaired) electrons. The lowest BCUT2D eigenvalue weighted by Crippen LogP contribution is -2.55. The molecule has 0 unspecified atom stereocenters. The number of aromatic amines is 1. The van der Waals surface area contributed by atoms with E-state index >= 15 is 0 Å². The summed E-state index contributed by atoms with van der Waals surface area (Å²) in [4.78, 5) is 35.8. The van der Waals surface area contributed by atoms with Crippen LogP contribution in [0.1, 0.15) is 77.8 Å². The first-order valence-corrected chi connectivity index (χ1v) is 16.0. The number of amides is 1. The fourth-order valence-corrected chi connectivity index (χ4v) is 7.29. The highest BCUT2D eigenvalue weighted by Crippen LogP contribution is 2.39. The summed E-state index contributed by atoms with van der Waals surface area (Å²) >= 11 is 0. The van der Waals surface area contributed by atoms with E-state index < -0.39 is 11.4 Å². The number of hydrogen-bond acceptors (Lipinski definition) is 4. The maximum absolute atomic E-state index is 14.0. The Labute approximate surface area is 260 Å². The van der Waals surface area contributed by atoms with Gasteiger partial charge in [0.2, 0.25) is 5.91 Å². The van der Waals surface area contributed by atoms with E-state index in [0.29, 0.717) is 17.5 Å². The fourth-order valence-electron chi connectivity index (χ4n) is 7.29. The average Bonchev–Trinajstić information content (AvgIpc) is 3.38. The minimum atomic E-state index is -0.905. The number of aromatic nitrogens is 2. The Morgan fingerprint density at radius 1 is 0.977 bits per heavy atom. The van der Waals surface area contributed by atoms with Crippen molar-refractivity contribution in [1.82, 2.24) is 20.2 Å². The van der Waals surface area contributed by atoms with Crippen molar-refractivity contribution in [3.63, 3.8) is 0 Å². The zero-order chi connectivity index (χ0) is 31.0. The second-order valence-electron chi connectivity index (χ2n) is 13.5. The van der Waals surface area contributed by atoms with Gasteiger partial charge in [0, 0.05) is 23.7 Å². The number of aryl methyl sites for hydroxylation is 2. The largest absolute Gasteiger partial charge is 0.478 e. The molecule has 2 aliphatic heterocycles. The first-order chi connectivity index (χ1) is 21.1. The number of carboxylic acid groups (broad SMARTS) is 1. The topological polar surface area (TPSA) is 98.3 Å².